The number of amides is 3. The lowest BCUT2D eigenvalue weighted by Gasteiger charge is -2.27. The van der Waals surface area contributed by atoms with E-state index in [1.165, 1.54) is 17.0 Å². The first-order chi connectivity index (χ1) is 14.3. The van der Waals surface area contributed by atoms with Gasteiger partial charge in [0.25, 0.3) is 11.8 Å². The van der Waals surface area contributed by atoms with Crippen molar-refractivity contribution in [1.29, 1.82) is 0 Å². The van der Waals surface area contributed by atoms with Crippen LogP contribution in [0.25, 0.3) is 0 Å². The number of carbonyl (C=O) groups is 4. The fraction of sp³-hybridized carbons (Fsp3) is 0.238. The lowest BCUT2D eigenvalue weighted by atomic mass is 10.1. The van der Waals surface area contributed by atoms with Crippen LogP contribution in [0.2, 0.25) is 0 Å². The lowest BCUT2D eigenvalue weighted by molar-refractivity contribution is -0.146. The third-order valence-electron chi connectivity index (χ3n) is 4.48. The van der Waals surface area contributed by atoms with Gasteiger partial charge in [-0.2, -0.15) is 0 Å². The Morgan fingerprint density at radius 1 is 1.17 bits per heavy atom. The molecule has 156 valence electrons. The first-order valence-corrected chi connectivity index (χ1v) is 9.25. The molecule has 1 aliphatic heterocycles. The Bertz CT molecular complexity index is 977. The molecule has 3 amide bonds. The quantitative estimate of drug-likeness (QED) is 0.728. The van der Waals surface area contributed by atoms with Crippen LogP contribution in [0, 0.1) is 5.82 Å². The topological polar surface area (TPSA) is 105 Å². The van der Waals surface area contributed by atoms with Gasteiger partial charge >= 0.3 is 5.97 Å². The van der Waals surface area contributed by atoms with Crippen molar-refractivity contribution >= 4 is 35.1 Å². The van der Waals surface area contributed by atoms with Gasteiger partial charge in [-0.15, -0.1) is 0 Å². The monoisotopic (exact) mass is 413 g/mol. The summed E-state index contributed by atoms with van der Waals surface area (Å²) in [4.78, 5) is 50.0. The van der Waals surface area contributed by atoms with Gasteiger partial charge in [-0.25, -0.2) is 4.39 Å². The highest BCUT2D eigenvalue weighted by Gasteiger charge is 2.30. The predicted molar refractivity (Wildman–Crippen MR) is 106 cm³/mol. The van der Waals surface area contributed by atoms with Gasteiger partial charge in [0, 0.05) is 18.0 Å². The summed E-state index contributed by atoms with van der Waals surface area (Å²) < 4.78 is 17.9. The van der Waals surface area contributed by atoms with Crippen molar-refractivity contribution < 1.29 is 28.3 Å². The van der Waals surface area contributed by atoms with Crippen LogP contribution in [0.4, 0.5) is 15.8 Å². The Morgan fingerprint density at radius 2 is 1.87 bits per heavy atom. The Hall–Kier alpha value is -3.75. The Balaban J connectivity index is 1.57. The molecule has 0 saturated heterocycles. The molecule has 0 unspecified atom stereocenters. The molecular weight excluding hydrogens is 393 g/mol. The van der Waals surface area contributed by atoms with Crippen LogP contribution in [0.15, 0.2) is 48.5 Å². The van der Waals surface area contributed by atoms with Crippen molar-refractivity contribution in [3.63, 3.8) is 0 Å². The number of para-hydroxylation sites is 2. The highest BCUT2D eigenvalue weighted by atomic mass is 19.1. The molecule has 3 rings (SSSR count). The number of fused-ring (bicyclic) bond motifs is 1. The lowest BCUT2D eigenvalue weighted by Crippen LogP contribution is -2.42. The molecular formula is C21H20FN3O5. The highest BCUT2D eigenvalue weighted by Crippen LogP contribution is 2.31. The molecule has 2 aromatic carbocycles. The van der Waals surface area contributed by atoms with Crippen LogP contribution in [0.1, 0.15) is 23.7 Å². The van der Waals surface area contributed by atoms with Gasteiger partial charge in [0.1, 0.15) is 12.4 Å². The van der Waals surface area contributed by atoms with Crippen molar-refractivity contribution in [3.05, 3.63) is 59.9 Å². The van der Waals surface area contributed by atoms with E-state index in [4.69, 9.17) is 4.74 Å². The number of carbonyl (C=O) groups excluding carboxylic acids is 4. The number of nitrogens with zero attached hydrogens (tertiary/aromatic N) is 1. The minimum absolute atomic E-state index is 0.0993. The normalized spacial score (nSPS) is 15.5. The van der Waals surface area contributed by atoms with Gasteiger partial charge in [-0.05, 0) is 43.3 Å². The van der Waals surface area contributed by atoms with Crippen LogP contribution in [-0.4, -0.2) is 42.9 Å². The molecule has 0 fully saturated rings. The molecule has 0 aliphatic carbocycles. The second kappa shape index (κ2) is 9.17. The Kier molecular flexibility index (Phi) is 6.41. The number of hydrogen-bond acceptors (Lipinski definition) is 5. The molecule has 1 atom stereocenters. The molecule has 30 heavy (non-hydrogen) atoms. The third kappa shape index (κ3) is 4.99. The van der Waals surface area contributed by atoms with Gasteiger partial charge < -0.3 is 20.3 Å². The SMILES string of the molecule is C[C@H]1CC(=O)Nc2ccccc2N1C(=O)COC(=O)CNC(=O)c1ccc(F)cc1. The number of hydrogen-bond donors (Lipinski definition) is 2. The van der Waals surface area contributed by atoms with Crippen molar-refractivity contribution in [2.24, 2.45) is 0 Å². The fourth-order valence-corrected chi connectivity index (χ4v) is 3.09. The molecule has 2 N–H and O–H groups in total. The fourth-order valence-electron chi connectivity index (χ4n) is 3.09. The summed E-state index contributed by atoms with van der Waals surface area (Å²) in [6.45, 7) is 0.734. The van der Waals surface area contributed by atoms with Crippen LogP contribution < -0.4 is 15.5 Å². The van der Waals surface area contributed by atoms with Crippen molar-refractivity contribution in [2.75, 3.05) is 23.4 Å². The number of halogens is 1. The van der Waals surface area contributed by atoms with E-state index in [1.54, 1.807) is 31.2 Å². The summed E-state index contributed by atoms with van der Waals surface area (Å²) in [6.07, 6.45) is 0.0993. The third-order valence-corrected chi connectivity index (χ3v) is 4.48. The van der Waals surface area contributed by atoms with Gasteiger partial charge in [0.15, 0.2) is 6.61 Å². The van der Waals surface area contributed by atoms with E-state index in [9.17, 15) is 23.6 Å². The Morgan fingerprint density at radius 3 is 2.60 bits per heavy atom. The second-order valence-electron chi connectivity index (χ2n) is 6.73. The molecule has 8 nitrogen and oxygen atoms in total. The van der Waals surface area contributed by atoms with E-state index in [0.717, 1.165) is 12.1 Å². The van der Waals surface area contributed by atoms with Crippen molar-refractivity contribution in [2.45, 2.75) is 19.4 Å². The smallest absolute Gasteiger partial charge is 0.325 e. The molecule has 2 aromatic rings. The summed E-state index contributed by atoms with van der Waals surface area (Å²) >= 11 is 0. The molecule has 0 saturated carbocycles. The highest BCUT2D eigenvalue weighted by molar-refractivity contribution is 6.05. The molecule has 1 aliphatic rings. The average Bonchev–Trinajstić information content (AvgIpc) is 2.84. The average molecular weight is 413 g/mol. The zero-order valence-electron chi connectivity index (χ0n) is 16.2. The van der Waals surface area contributed by atoms with Crippen LogP contribution >= 0.6 is 0 Å². The van der Waals surface area contributed by atoms with Crippen molar-refractivity contribution in [3.8, 4) is 0 Å². The van der Waals surface area contributed by atoms with E-state index in [1.807, 2.05) is 0 Å². The standard InChI is InChI=1S/C21H20FN3O5/c1-13-10-18(26)24-16-4-2-3-5-17(16)25(13)19(27)12-30-20(28)11-23-21(29)14-6-8-15(22)9-7-14/h2-9,13H,10-12H2,1H3,(H,23,29)(H,24,26)/t13-/m0/s1. The van der Waals surface area contributed by atoms with Crippen LogP contribution in [0.5, 0.6) is 0 Å². The molecule has 0 spiro atoms. The van der Waals surface area contributed by atoms with E-state index in [-0.39, 0.29) is 17.9 Å². The van der Waals surface area contributed by atoms with E-state index < -0.39 is 42.8 Å². The van der Waals surface area contributed by atoms with Gasteiger partial charge in [-0.3, -0.25) is 19.2 Å². The summed E-state index contributed by atoms with van der Waals surface area (Å²) in [5, 5.41) is 5.09. The van der Waals surface area contributed by atoms with Crippen LogP contribution in [0.3, 0.4) is 0 Å². The number of benzene rings is 2. The maximum atomic E-state index is 12.9. The number of ether oxygens (including phenoxy) is 1. The van der Waals surface area contributed by atoms with Gasteiger partial charge in [-0.1, -0.05) is 12.1 Å². The maximum absolute atomic E-state index is 12.9. The maximum Gasteiger partial charge on any atom is 0.325 e. The Labute approximate surface area is 172 Å². The van der Waals surface area contributed by atoms with E-state index >= 15 is 0 Å². The first-order valence-electron chi connectivity index (χ1n) is 9.25. The van der Waals surface area contributed by atoms with E-state index in [2.05, 4.69) is 10.6 Å². The predicted octanol–water partition coefficient (Wildman–Crippen LogP) is 1.86. The summed E-state index contributed by atoms with van der Waals surface area (Å²) in [5.74, 6) is -2.57. The number of anilines is 2. The largest absolute Gasteiger partial charge is 0.454 e. The summed E-state index contributed by atoms with van der Waals surface area (Å²) in [5.41, 5.74) is 1.20. The number of rotatable bonds is 5. The number of esters is 1. The molecule has 0 radical (unpaired) electrons. The summed E-state index contributed by atoms with van der Waals surface area (Å²) in [6, 6.07) is 11.3. The zero-order valence-corrected chi connectivity index (χ0v) is 16.2. The van der Waals surface area contributed by atoms with Gasteiger partial charge in [0.2, 0.25) is 5.91 Å². The number of nitrogens with one attached hydrogen (secondary N) is 2. The van der Waals surface area contributed by atoms with Crippen molar-refractivity contribution in [1.82, 2.24) is 5.32 Å². The minimum Gasteiger partial charge on any atom is -0.454 e. The molecule has 1 heterocycles. The molecule has 9 heteroatoms. The molecule has 0 aromatic heterocycles. The minimum atomic E-state index is -0.802. The first kappa shape index (κ1) is 21.0. The summed E-state index contributed by atoms with van der Waals surface area (Å²) in [7, 11) is 0. The second-order valence-corrected chi connectivity index (χ2v) is 6.73. The van der Waals surface area contributed by atoms with Crippen LogP contribution in [-0.2, 0) is 19.1 Å². The van der Waals surface area contributed by atoms with Gasteiger partial charge in [0.05, 0.1) is 11.4 Å². The van der Waals surface area contributed by atoms with E-state index in [0.29, 0.717) is 11.4 Å². The molecule has 0 bridgehead atoms. The zero-order chi connectivity index (χ0) is 21.7.